The molecule has 0 aliphatic rings. The predicted molar refractivity (Wildman–Crippen MR) is 89.8 cm³/mol. The molecule has 106 valence electrons. The molecular weight excluding hydrogens is 280 g/mol. The summed E-state index contributed by atoms with van der Waals surface area (Å²) in [5.41, 5.74) is 2.34. The number of anilines is 1. The first-order valence-electron chi connectivity index (χ1n) is 6.97. The molecule has 1 heterocycles. The van der Waals surface area contributed by atoms with Crippen molar-refractivity contribution < 1.29 is 0 Å². The largest absolute Gasteiger partial charge is 0.355 e. The van der Waals surface area contributed by atoms with Gasteiger partial charge in [0.1, 0.15) is 5.82 Å². The van der Waals surface area contributed by atoms with Crippen molar-refractivity contribution in [1.29, 1.82) is 0 Å². The Morgan fingerprint density at radius 2 is 1.62 bits per heavy atom. The van der Waals surface area contributed by atoms with E-state index in [1.54, 1.807) is 0 Å². The lowest BCUT2D eigenvalue weighted by atomic mass is 10.1. The molecule has 0 bridgehead atoms. The van der Waals surface area contributed by atoms with Crippen molar-refractivity contribution in [3.63, 3.8) is 0 Å². The normalized spacial score (nSPS) is 10.8. The van der Waals surface area contributed by atoms with E-state index in [-0.39, 0.29) is 0 Å². The Hall–Kier alpha value is -2.06. The highest BCUT2D eigenvalue weighted by atomic mass is 35.5. The van der Waals surface area contributed by atoms with Crippen molar-refractivity contribution in [3.8, 4) is 0 Å². The van der Waals surface area contributed by atoms with Crippen LogP contribution in [0.1, 0.15) is 11.1 Å². The van der Waals surface area contributed by atoms with E-state index < -0.39 is 0 Å². The Kier molecular flexibility index (Phi) is 4.07. The maximum atomic E-state index is 6.01. The molecule has 0 spiro atoms. The zero-order valence-corrected chi connectivity index (χ0v) is 12.7. The van der Waals surface area contributed by atoms with Crippen LogP contribution in [0.3, 0.4) is 0 Å². The molecular formula is C18H17ClN2. The van der Waals surface area contributed by atoms with E-state index in [2.05, 4.69) is 53.3 Å². The molecule has 3 heteroatoms. The van der Waals surface area contributed by atoms with Crippen LogP contribution in [0.25, 0.3) is 10.8 Å². The SMILES string of the molecule is CN(Cc1ccccc1)c1ncc(CCl)c2ccccc12. The first-order chi connectivity index (χ1) is 10.3. The van der Waals surface area contributed by atoms with Crippen molar-refractivity contribution in [3.05, 3.63) is 71.9 Å². The van der Waals surface area contributed by atoms with Gasteiger partial charge < -0.3 is 4.90 Å². The van der Waals surface area contributed by atoms with Crippen LogP contribution in [-0.2, 0) is 12.4 Å². The number of halogens is 1. The molecule has 0 radical (unpaired) electrons. The van der Waals surface area contributed by atoms with E-state index in [0.717, 1.165) is 23.3 Å². The monoisotopic (exact) mass is 296 g/mol. The molecule has 0 N–H and O–H groups in total. The van der Waals surface area contributed by atoms with Gasteiger partial charge in [-0.25, -0.2) is 4.98 Å². The Morgan fingerprint density at radius 3 is 2.33 bits per heavy atom. The zero-order valence-electron chi connectivity index (χ0n) is 12.0. The second-order valence-corrected chi connectivity index (χ2v) is 5.40. The van der Waals surface area contributed by atoms with Gasteiger partial charge in [-0.05, 0) is 16.5 Å². The smallest absolute Gasteiger partial charge is 0.136 e. The van der Waals surface area contributed by atoms with Gasteiger partial charge in [0.05, 0.1) is 0 Å². The minimum absolute atomic E-state index is 0.482. The molecule has 3 rings (SSSR count). The Labute approximate surface area is 130 Å². The van der Waals surface area contributed by atoms with Gasteiger partial charge in [0.15, 0.2) is 0 Å². The van der Waals surface area contributed by atoms with E-state index in [1.807, 2.05) is 24.4 Å². The number of hydrogen-bond acceptors (Lipinski definition) is 2. The van der Waals surface area contributed by atoms with Crippen molar-refractivity contribution in [2.45, 2.75) is 12.4 Å². The summed E-state index contributed by atoms with van der Waals surface area (Å²) in [5, 5.41) is 2.33. The van der Waals surface area contributed by atoms with Crippen LogP contribution in [0, 0.1) is 0 Å². The highest BCUT2D eigenvalue weighted by molar-refractivity contribution is 6.18. The number of pyridine rings is 1. The first kappa shape index (κ1) is 13.9. The molecule has 2 nitrogen and oxygen atoms in total. The maximum Gasteiger partial charge on any atom is 0.136 e. The lowest BCUT2D eigenvalue weighted by Gasteiger charge is -2.21. The van der Waals surface area contributed by atoms with Crippen LogP contribution >= 0.6 is 11.6 Å². The van der Waals surface area contributed by atoms with Crippen LogP contribution in [-0.4, -0.2) is 12.0 Å². The maximum absolute atomic E-state index is 6.01. The van der Waals surface area contributed by atoms with E-state index in [4.69, 9.17) is 11.6 Å². The van der Waals surface area contributed by atoms with Gasteiger partial charge in [-0.2, -0.15) is 0 Å². The summed E-state index contributed by atoms with van der Waals surface area (Å²) in [6.45, 7) is 0.831. The summed E-state index contributed by atoms with van der Waals surface area (Å²) in [5.74, 6) is 1.47. The topological polar surface area (TPSA) is 16.1 Å². The molecule has 21 heavy (non-hydrogen) atoms. The van der Waals surface area contributed by atoms with E-state index >= 15 is 0 Å². The van der Waals surface area contributed by atoms with Crippen molar-refractivity contribution in [1.82, 2.24) is 4.98 Å². The minimum atomic E-state index is 0.482. The summed E-state index contributed by atoms with van der Waals surface area (Å²) in [4.78, 5) is 6.79. The number of aromatic nitrogens is 1. The average Bonchev–Trinajstić information content (AvgIpc) is 2.54. The van der Waals surface area contributed by atoms with E-state index in [0.29, 0.717) is 5.88 Å². The van der Waals surface area contributed by atoms with Crippen molar-refractivity contribution in [2.75, 3.05) is 11.9 Å². The Morgan fingerprint density at radius 1 is 0.952 bits per heavy atom. The molecule has 0 saturated heterocycles. The first-order valence-corrected chi connectivity index (χ1v) is 7.50. The van der Waals surface area contributed by atoms with Crippen molar-refractivity contribution >= 4 is 28.2 Å². The number of nitrogens with zero attached hydrogens (tertiary/aromatic N) is 2. The number of benzene rings is 2. The van der Waals surface area contributed by atoms with E-state index in [1.165, 1.54) is 10.9 Å². The molecule has 0 atom stereocenters. The summed E-state index contributed by atoms with van der Waals surface area (Å²) in [6.07, 6.45) is 1.88. The van der Waals surface area contributed by atoms with Crippen LogP contribution in [0.2, 0.25) is 0 Å². The summed E-state index contributed by atoms with van der Waals surface area (Å²) in [7, 11) is 2.07. The van der Waals surface area contributed by atoms with Gasteiger partial charge in [0.25, 0.3) is 0 Å². The summed E-state index contributed by atoms with van der Waals surface area (Å²) >= 11 is 6.01. The Balaban J connectivity index is 2.00. The highest BCUT2D eigenvalue weighted by Gasteiger charge is 2.10. The van der Waals surface area contributed by atoms with Gasteiger partial charge in [-0.3, -0.25) is 0 Å². The van der Waals surface area contributed by atoms with Crippen LogP contribution < -0.4 is 4.90 Å². The molecule has 2 aromatic carbocycles. The van der Waals surface area contributed by atoms with Crippen LogP contribution in [0.15, 0.2) is 60.8 Å². The zero-order chi connectivity index (χ0) is 14.7. The Bertz CT molecular complexity index is 741. The molecule has 0 saturated carbocycles. The third-order valence-corrected chi connectivity index (χ3v) is 3.91. The number of alkyl halides is 1. The lowest BCUT2D eigenvalue weighted by molar-refractivity contribution is 0.903. The lowest BCUT2D eigenvalue weighted by Crippen LogP contribution is -2.18. The third kappa shape index (κ3) is 2.86. The molecule has 0 aliphatic heterocycles. The second kappa shape index (κ2) is 6.15. The molecule has 0 unspecified atom stereocenters. The quantitative estimate of drug-likeness (QED) is 0.654. The fourth-order valence-electron chi connectivity index (χ4n) is 2.58. The van der Waals surface area contributed by atoms with Gasteiger partial charge in [0, 0.05) is 31.1 Å². The molecule has 0 aliphatic carbocycles. The third-order valence-electron chi connectivity index (χ3n) is 3.62. The second-order valence-electron chi connectivity index (χ2n) is 5.13. The molecule has 3 aromatic rings. The summed E-state index contributed by atoms with van der Waals surface area (Å²) < 4.78 is 0. The van der Waals surface area contributed by atoms with Gasteiger partial charge in [-0.1, -0.05) is 54.6 Å². The number of hydrogen-bond donors (Lipinski definition) is 0. The van der Waals surface area contributed by atoms with Crippen LogP contribution in [0.5, 0.6) is 0 Å². The minimum Gasteiger partial charge on any atom is -0.355 e. The highest BCUT2D eigenvalue weighted by Crippen LogP contribution is 2.28. The molecule has 1 aromatic heterocycles. The fourth-order valence-corrected chi connectivity index (χ4v) is 2.79. The van der Waals surface area contributed by atoms with Gasteiger partial charge in [0.2, 0.25) is 0 Å². The van der Waals surface area contributed by atoms with E-state index in [9.17, 15) is 0 Å². The summed E-state index contributed by atoms with van der Waals surface area (Å²) in [6, 6.07) is 18.7. The van der Waals surface area contributed by atoms with Crippen LogP contribution in [0.4, 0.5) is 5.82 Å². The van der Waals surface area contributed by atoms with Gasteiger partial charge >= 0.3 is 0 Å². The molecule has 0 amide bonds. The van der Waals surface area contributed by atoms with Crippen molar-refractivity contribution in [2.24, 2.45) is 0 Å². The molecule has 0 fully saturated rings. The number of fused-ring (bicyclic) bond motifs is 1. The van der Waals surface area contributed by atoms with Gasteiger partial charge in [-0.15, -0.1) is 11.6 Å². The average molecular weight is 297 g/mol. The standard InChI is InChI=1S/C18H17ClN2/c1-21(13-14-7-3-2-4-8-14)18-17-10-6-5-9-16(17)15(11-19)12-20-18/h2-10,12H,11,13H2,1H3. The predicted octanol–water partition coefficient (Wildman–Crippen LogP) is 4.61. The fraction of sp³-hybridized carbons (Fsp3) is 0.167. The number of rotatable bonds is 4.